The summed E-state index contributed by atoms with van der Waals surface area (Å²) in [5.74, 6) is -0.211. The van der Waals surface area contributed by atoms with E-state index in [2.05, 4.69) is 0 Å². The van der Waals surface area contributed by atoms with E-state index in [1.165, 1.54) is 0 Å². The molecule has 25 heavy (non-hydrogen) atoms. The van der Waals surface area contributed by atoms with Gasteiger partial charge in [-0.05, 0) is 39.2 Å². The summed E-state index contributed by atoms with van der Waals surface area (Å²) in [5.41, 5.74) is 3.38. The monoisotopic (exact) mass is 339 g/mol. The first-order chi connectivity index (χ1) is 11.9. The van der Waals surface area contributed by atoms with Gasteiger partial charge >= 0.3 is 5.97 Å². The van der Waals surface area contributed by atoms with Crippen molar-refractivity contribution in [2.24, 2.45) is 0 Å². The number of hydrogen-bond acceptors (Lipinski definition) is 4. The number of nitrogens with zero attached hydrogens (tertiary/aromatic N) is 1. The second-order valence-corrected chi connectivity index (χ2v) is 6.83. The molecular weight excluding hydrogens is 314 g/mol. The van der Waals surface area contributed by atoms with Crippen molar-refractivity contribution in [1.29, 1.82) is 0 Å². The maximum atomic E-state index is 12.9. The van der Waals surface area contributed by atoms with Gasteiger partial charge in [-0.3, -0.25) is 4.79 Å². The van der Waals surface area contributed by atoms with Gasteiger partial charge in [-0.1, -0.05) is 30.3 Å². The second-order valence-electron chi connectivity index (χ2n) is 6.83. The van der Waals surface area contributed by atoms with Crippen LogP contribution in [-0.4, -0.2) is 30.3 Å². The predicted octanol–water partition coefficient (Wildman–Crippen LogP) is 3.73. The molecule has 0 saturated carbocycles. The summed E-state index contributed by atoms with van der Waals surface area (Å²) < 4.78 is 5.37. The fourth-order valence-electron chi connectivity index (χ4n) is 4.20. The Kier molecular flexibility index (Phi) is 4.55. The number of ketones is 1. The third kappa shape index (κ3) is 2.60. The maximum Gasteiger partial charge on any atom is 0.337 e. The van der Waals surface area contributed by atoms with Gasteiger partial charge in [-0.25, -0.2) is 4.79 Å². The lowest BCUT2D eigenvalue weighted by atomic mass is 9.64. The van der Waals surface area contributed by atoms with Gasteiger partial charge in [0.1, 0.15) is 0 Å². The van der Waals surface area contributed by atoms with Crippen LogP contribution >= 0.6 is 0 Å². The summed E-state index contributed by atoms with van der Waals surface area (Å²) in [6.45, 7) is 6.04. The number of ether oxygens (including phenoxy) is 1. The van der Waals surface area contributed by atoms with Crippen LogP contribution in [0.15, 0.2) is 52.9 Å². The molecule has 1 aromatic carbocycles. The zero-order valence-corrected chi connectivity index (χ0v) is 15.4. The molecule has 1 aliphatic heterocycles. The van der Waals surface area contributed by atoms with Crippen LogP contribution in [0, 0.1) is 0 Å². The van der Waals surface area contributed by atoms with Crippen LogP contribution < -0.4 is 0 Å². The number of hydrogen-bond donors (Lipinski definition) is 0. The average Bonchev–Trinajstić information content (AvgIpc) is 2.60. The largest absolute Gasteiger partial charge is 0.463 e. The minimum absolute atomic E-state index is 0.133. The molecule has 0 aromatic heterocycles. The van der Waals surface area contributed by atoms with Gasteiger partial charge in [0, 0.05) is 30.4 Å². The zero-order valence-electron chi connectivity index (χ0n) is 15.4. The average molecular weight is 339 g/mol. The summed E-state index contributed by atoms with van der Waals surface area (Å²) in [6, 6.07) is 9.82. The lowest BCUT2D eigenvalue weighted by molar-refractivity contribution is -0.139. The third-order valence-electron chi connectivity index (χ3n) is 5.49. The van der Waals surface area contributed by atoms with Crippen molar-refractivity contribution in [1.82, 2.24) is 4.90 Å². The van der Waals surface area contributed by atoms with Gasteiger partial charge in [0.25, 0.3) is 0 Å². The molecule has 4 heteroatoms. The smallest absolute Gasteiger partial charge is 0.337 e. The first kappa shape index (κ1) is 17.5. The van der Waals surface area contributed by atoms with Crippen LogP contribution in [0.5, 0.6) is 0 Å². The highest BCUT2D eigenvalue weighted by Gasteiger charge is 2.49. The fraction of sp³-hybridized carbons (Fsp3) is 0.429. The minimum atomic E-state index is -0.781. The van der Waals surface area contributed by atoms with E-state index >= 15 is 0 Å². The van der Waals surface area contributed by atoms with E-state index in [1.807, 2.05) is 56.1 Å². The highest BCUT2D eigenvalue weighted by atomic mass is 16.5. The molecule has 1 heterocycles. The van der Waals surface area contributed by atoms with Crippen molar-refractivity contribution < 1.29 is 14.3 Å². The SMILES string of the molecule is CCOC(=O)C1=C(C)N(C)C2=C(C(=O)CCC2)C1(C)c1ccccc1. The van der Waals surface area contributed by atoms with Crippen molar-refractivity contribution >= 4 is 11.8 Å². The molecule has 1 aromatic rings. The van der Waals surface area contributed by atoms with Crippen LogP contribution in [-0.2, 0) is 19.7 Å². The molecule has 132 valence electrons. The molecule has 1 atom stereocenters. The van der Waals surface area contributed by atoms with Crippen molar-refractivity contribution in [3.8, 4) is 0 Å². The Bertz CT molecular complexity index is 776. The van der Waals surface area contributed by atoms with Crippen LogP contribution in [0.3, 0.4) is 0 Å². The van der Waals surface area contributed by atoms with Crippen LogP contribution in [0.2, 0.25) is 0 Å². The molecular formula is C21H25NO3. The molecule has 1 aliphatic carbocycles. The Balaban J connectivity index is 2.31. The minimum Gasteiger partial charge on any atom is -0.463 e. The Labute approximate surface area is 149 Å². The van der Waals surface area contributed by atoms with Crippen LogP contribution in [0.1, 0.15) is 45.6 Å². The predicted molar refractivity (Wildman–Crippen MR) is 96.8 cm³/mol. The summed E-state index contributed by atoms with van der Waals surface area (Å²) in [6.07, 6.45) is 2.24. The quantitative estimate of drug-likeness (QED) is 0.787. The molecule has 0 bridgehead atoms. The van der Waals surface area contributed by atoms with E-state index in [0.717, 1.165) is 35.4 Å². The number of carbonyl (C=O) groups excluding carboxylic acids is 2. The number of esters is 1. The number of carbonyl (C=O) groups is 2. The molecule has 0 amide bonds. The molecule has 4 nitrogen and oxygen atoms in total. The first-order valence-electron chi connectivity index (χ1n) is 8.87. The van der Waals surface area contributed by atoms with E-state index in [9.17, 15) is 9.59 Å². The van der Waals surface area contributed by atoms with Crippen LogP contribution in [0.4, 0.5) is 0 Å². The first-order valence-corrected chi connectivity index (χ1v) is 8.87. The topological polar surface area (TPSA) is 46.6 Å². The van der Waals surface area contributed by atoms with E-state index in [-0.39, 0.29) is 11.8 Å². The number of Topliss-reactive ketones (excluding diaryl/α,β-unsaturated/α-hetero) is 1. The molecule has 0 fully saturated rings. The van der Waals surface area contributed by atoms with Gasteiger partial charge < -0.3 is 9.64 Å². The van der Waals surface area contributed by atoms with Gasteiger partial charge in [0.05, 0.1) is 17.6 Å². The number of benzene rings is 1. The normalized spacial score (nSPS) is 23.7. The standard InChI is InChI=1S/C21H25NO3/c1-5-25-20(24)18-14(2)22(4)16-12-9-13-17(23)19(16)21(18,3)15-10-7-6-8-11-15/h6-8,10-11H,5,9,12-13H2,1-4H3. The van der Waals surface area contributed by atoms with E-state index < -0.39 is 5.41 Å². The molecule has 2 aliphatic rings. The van der Waals surface area contributed by atoms with Gasteiger partial charge in [0.2, 0.25) is 0 Å². The highest BCUT2D eigenvalue weighted by Crippen LogP contribution is 2.49. The zero-order chi connectivity index (χ0) is 18.2. The van der Waals surface area contributed by atoms with Crippen molar-refractivity contribution in [2.75, 3.05) is 13.7 Å². The molecule has 0 N–H and O–H groups in total. The van der Waals surface area contributed by atoms with Crippen molar-refractivity contribution in [3.63, 3.8) is 0 Å². The van der Waals surface area contributed by atoms with Crippen LogP contribution in [0.25, 0.3) is 0 Å². The van der Waals surface area contributed by atoms with Gasteiger partial charge in [-0.2, -0.15) is 0 Å². The molecule has 0 radical (unpaired) electrons. The maximum absolute atomic E-state index is 12.9. The van der Waals surface area contributed by atoms with E-state index in [0.29, 0.717) is 18.6 Å². The Hall–Kier alpha value is -2.36. The fourth-order valence-corrected chi connectivity index (χ4v) is 4.20. The van der Waals surface area contributed by atoms with Crippen molar-refractivity contribution in [2.45, 2.75) is 45.4 Å². The summed E-state index contributed by atoms with van der Waals surface area (Å²) in [4.78, 5) is 27.8. The Morgan fingerprint density at radius 2 is 1.92 bits per heavy atom. The lowest BCUT2D eigenvalue weighted by Gasteiger charge is -2.45. The van der Waals surface area contributed by atoms with Gasteiger partial charge in [-0.15, -0.1) is 0 Å². The number of rotatable bonds is 3. The Morgan fingerprint density at radius 3 is 2.56 bits per heavy atom. The Morgan fingerprint density at radius 1 is 1.24 bits per heavy atom. The van der Waals surface area contributed by atoms with Gasteiger partial charge in [0.15, 0.2) is 5.78 Å². The number of allylic oxidation sites excluding steroid dienone is 3. The highest BCUT2D eigenvalue weighted by molar-refractivity contribution is 6.05. The second kappa shape index (κ2) is 6.51. The van der Waals surface area contributed by atoms with E-state index in [1.54, 1.807) is 6.92 Å². The molecule has 1 unspecified atom stereocenters. The molecule has 3 rings (SSSR count). The summed E-state index contributed by atoms with van der Waals surface area (Å²) in [7, 11) is 1.94. The molecule has 0 saturated heterocycles. The lowest BCUT2D eigenvalue weighted by Crippen LogP contribution is -2.45. The summed E-state index contributed by atoms with van der Waals surface area (Å²) >= 11 is 0. The third-order valence-corrected chi connectivity index (χ3v) is 5.49. The molecule has 0 spiro atoms. The van der Waals surface area contributed by atoms with E-state index in [4.69, 9.17) is 4.74 Å². The summed E-state index contributed by atoms with van der Waals surface area (Å²) in [5, 5.41) is 0. The van der Waals surface area contributed by atoms with Crippen molar-refractivity contribution in [3.05, 3.63) is 58.4 Å².